The number of benzene rings is 2. The maximum absolute atomic E-state index is 12.2. The summed E-state index contributed by atoms with van der Waals surface area (Å²) < 4.78 is 0. The van der Waals surface area contributed by atoms with Crippen LogP contribution in [0.5, 0.6) is 0 Å². The van der Waals surface area contributed by atoms with Crippen LogP contribution >= 0.6 is 15.9 Å². The van der Waals surface area contributed by atoms with Crippen LogP contribution in [0.3, 0.4) is 0 Å². The number of alkyl halides is 1. The summed E-state index contributed by atoms with van der Waals surface area (Å²) in [5.41, 5.74) is 2.90. The van der Waals surface area contributed by atoms with Gasteiger partial charge in [0.1, 0.15) is 4.83 Å². The Kier molecular flexibility index (Phi) is 2.48. The highest BCUT2D eigenvalue weighted by Crippen LogP contribution is 2.44. The summed E-state index contributed by atoms with van der Waals surface area (Å²) in [6, 6.07) is 17.6. The van der Waals surface area contributed by atoms with E-state index in [0.717, 1.165) is 16.9 Å². The van der Waals surface area contributed by atoms with Gasteiger partial charge in [0.15, 0.2) is 0 Å². The average Bonchev–Trinajstić information content (AvgIpc) is 2.64. The predicted octanol–water partition coefficient (Wildman–Crippen LogP) is 3.80. The fourth-order valence-corrected chi connectivity index (χ4v) is 2.71. The maximum atomic E-state index is 12.2. The van der Waals surface area contributed by atoms with Crippen LogP contribution in [-0.4, -0.2) is 5.91 Å². The van der Waals surface area contributed by atoms with Gasteiger partial charge in [0, 0.05) is 5.69 Å². The highest BCUT2D eigenvalue weighted by molar-refractivity contribution is 9.09. The predicted molar refractivity (Wildman–Crippen MR) is 71.7 cm³/mol. The second-order valence-electron chi connectivity index (χ2n) is 3.93. The zero-order valence-corrected chi connectivity index (χ0v) is 10.6. The van der Waals surface area contributed by atoms with Crippen molar-refractivity contribution in [3.8, 4) is 0 Å². The Morgan fingerprint density at radius 3 is 2.35 bits per heavy atom. The van der Waals surface area contributed by atoms with E-state index in [9.17, 15) is 4.79 Å². The van der Waals surface area contributed by atoms with E-state index in [2.05, 4.69) is 15.9 Å². The first-order valence-electron chi connectivity index (χ1n) is 5.41. The van der Waals surface area contributed by atoms with E-state index < -0.39 is 0 Å². The van der Waals surface area contributed by atoms with Gasteiger partial charge in [-0.1, -0.05) is 52.3 Å². The van der Waals surface area contributed by atoms with Gasteiger partial charge in [-0.25, -0.2) is 0 Å². The summed E-state index contributed by atoms with van der Waals surface area (Å²) in [6.07, 6.45) is 0. The summed E-state index contributed by atoms with van der Waals surface area (Å²) in [7, 11) is 0. The standard InChI is InChI=1S/C14H10BrNO/c15-13-11-8-4-5-9-12(11)16(14(13)17)10-6-2-1-3-7-10/h1-9,13H. The molecule has 1 atom stereocenters. The van der Waals surface area contributed by atoms with E-state index in [4.69, 9.17) is 0 Å². The number of amides is 1. The first-order valence-corrected chi connectivity index (χ1v) is 6.32. The number of halogens is 1. The number of carbonyl (C=O) groups excluding carboxylic acids is 1. The van der Waals surface area contributed by atoms with Crippen LogP contribution in [-0.2, 0) is 4.79 Å². The zero-order valence-electron chi connectivity index (χ0n) is 9.01. The van der Waals surface area contributed by atoms with Crippen molar-refractivity contribution in [1.29, 1.82) is 0 Å². The van der Waals surface area contributed by atoms with Gasteiger partial charge in [0.25, 0.3) is 0 Å². The van der Waals surface area contributed by atoms with Crippen LogP contribution in [0.4, 0.5) is 11.4 Å². The van der Waals surface area contributed by atoms with Gasteiger partial charge in [-0.3, -0.25) is 9.69 Å². The number of hydrogen-bond acceptors (Lipinski definition) is 1. The molecule has 1 aliphatic heterocycles. The highest BCUT2D eigenvalue weighted by Gasteiger charge is 2.35. The largest absolute Gasteiger partial charge is 0.279 e. The second-order valence-corrected chi connectivity index (χ2v) is 4.85. The Morgan fingerprint density at radius 2 is 1.59 bits per heavy atom. The number of anilines is 2. The van der Waals surface area contributed by atoms with Gasteiger partial charge in [0.2, 0.25) is 5.91 Å². The number of para-hydroxylation sites is 2. The minimum atomic E-state index is -0.237. The molecule has 0 bridgehead atoms. The fraction of sp³-hybridized carbons (Fsp3) is 0.0714. The SMILES string of the molecule is O=C1C(Br)c2ccccc2N1c1ccccc1. The van der Waals surface area contributed by atoms with Crippen molar-refractivity contribution >= 4 is 33.2 Å². The van der Waals surface area contributed by atoms with Crippen LogP contribution < -0.4 is 4.90 Å². The molecule has 84 valence electrons. The Hall–Kier alpha value is -1.61. The van der Waals surface area contributed by atoms with E-state index in [-0.39, 0.29) is 10.7 Å². The smallest absolute Gasteiger partial charge is 0.249 e. The summed E-state index contributed by atoms with van der Waals surface area (Å²) in [5.74, 6) is 0.0670. The highest BCUT2D eigenvalue weighted by atomic mass is 79.9. The van der Waals surface area contributed by atoms with Gasteiger partial charge in [0.05, 0.1) is 5.69 Å². The summed E-state index contributed by atoms with van der Waals surface area (Å²) in [6.45, 7) is 0. The average molecular weight is 288 g/mol. The Morgan fingerprint density at radius 1 is 0.941 bits per heavy atom. The number of rotatable bonds is 1. The van der Waals surface area contributed by atoms with E-state index in [1.807, 2.05) is 54.6 Å². The lowest BCUT2D eigenvalue weighted by molar-refractivity contribution is -0.116. The minimum absolute atomic E-state index is 0.0670. The molecule has 2 aromatic rings. The summed E-state index contributed by atoms with van der Waals surface area (Å²) in [4.78, 5) is 13.8. The molecule has 1 aliphatic rings. The van der Waals surface area contributed by atoms with Crippen molar-refractivity contribution in [2.45, 2.75) is 4.83 Å². The number of hydrogen-bond donors (Lipinski definition) is 0. The van der Waals surface area contributed by atoms with Gasteiger partial charge < -0.3 is 0 Å². The lowest BCUT2D eigenvalue weighted by Crippen LogP contribution is -2.21. The topological polar surface area (TPSA) is 20.3 Å². The van der Waals surface area contributed by atoms with Crippen LogP contribution in [0, 0.1) is 0 Å². The molecule has 0 N–H and O–H groups in total. The van der Waals surface area contributed by atoms with Crippen molar-refractivity contribution in [1.82, 2.24) is 0 Å². The molecule has 0 fully saturated rings. The third-order valence-corrected chi connectivity index (χ3v) is 3.79. The van der Waals surface area contributed by atoms with Crippen molar-refractivity contribution in [3.63, 3.8) is 0 Å². The summed E-state index contributed by atoms with van der Waals surface area (Å²) in [5, 5.41) is 0. The number of nitrogens with zero attached hydrogens (tertiary/aromatic N) is 1. The molecule has 17 heavy (non-hydrogen) atoms. The lowest BCUT2D eigenvalue weighted by atomic mass is 10.2. The van der Waals surface area contributed by atoms with Crippen LogP contribution in [0.2, 0.25) is 0 Å². The summed E-state index contributed by atoms with van der Waals surface area (Å²) >= 11 is 3.45. The molecule has 0 aliphatic carbocycles. The van der Waals surface area contributed by atoms with Gasteiger partial charge in [-0.2, -0.15) is 0 Å². The molecule has 0 saturated carbocycles. The molecule has 1 heterocycles. The van der Waals surface area contributed by atoms with Crippen molar-refractivity contribution in [2.24, 2.45) is 0 Å². The second kappa shape index (κ2) is 4.00. The van der Waals surface area contributed by atoms with E-state index >= 15 is 0 Å². The van der Waals surface area contributed by atoms with Crippen molar-refractivity contribution in [2.75, 3.05) is 4.90 Å². The van der Waals surface area contributed by atoms with Gasteiger partial charge in [-0.15, -0.1) is 0 Å². The molecule has 2 aromatic carbocycles. The molecule has 2 nitrogen and oxygen atoms in total. The first-order chi connectivity index (χ1) is 8.29. The molecular formula is C14H10BrNO. The molecule has 1 unspecified atom stereocenters. The minimum Gasteiger partial charge on any atom is -0.279 e. The fourth-order valence-electron chi connectivity index (χ4n) is 2.11. The Bertz CT molecular complexity index is 567. The van der Waals surface area contributed by atoms with Gasteiger partial charge >= 0.3 is 0 Å². The normalized spacial score (nSPS) is 18.3. The van der Waals surface area contributed by atoms with Crippen LogP contribution in [0.15, 0.2) is 54.6 Å². The third kappa shape index (κ3) is 1.58. The molecule has 0 saturated heterocycles. The molecular weight excluding hydrogens is 278 g/mol. The molecule has 3 rings (SSSR count). The molecule has 0 radical (unpaired) electrons. The zero-order chi connectivity index (χ0) is 11.8. The molecule has 0 spiro atoms. The van der Waals surface area contributed by atoms with E-state index in [0.29, 0.717) is 0 Å². The molecule has 3 heteroatoms. The third-order valence-electron chi connectivity index (χ3n) is 2.90. The maximum Gasteiger partial charge on any atom is 0.249 e. The van der Waals surface area contributed by atoms with Crippen molar-refractivity contribution in [3.05, 3.63) is 60.2 Å². The number of carbonyl (C=O) groups is 1. The Balaban J connectivity index is 2.16. The quantitative estimate of drug-likeness (QED) is 0.731. The van der Waals surface area contributed by atoms with E-state index in [1.165, 1.54) is 0 Å². The molecule has 1 amide bonds. The lowest BCUT2D eigenvalue weighted by Gasteiger charge is -2.17. The van der Waals surface area contributed by atoms with Crippen LogP contribution in [0.25, 0.3) is 0 Å². The molecule has 0 aromatic heterocycles. The van der Waals surface area contributed by atoms with Crippen molar-refractivity contribution < 1.29 is 4.79 Å². The van der Waals surface area contributed by atoms with E-state index in [1.54, 1.807) is 4.90 Å². The first kappa shape index (κ1) is 10.5. The Labute approximate surface area is 108 Å². The number of fused-ring (bicyclic) bond motifs is 1. The van der Waals surface area contributed by atoms with Crippen LogP contribution in [0.1, 0.15) is 10.4 Å². The van der Waals surface area contributed by atoms with Gasteiger partial charge in [-0.05, 0) is 23.8 Å². The monoisotopic (exact) mass is 287 g/mol.